The van der Waals surface area contributed by atoms with Gasteiger partial charge in [0.2, 0.25) is 0 Å². The molecule has 0 saturated heterocycles. The van der Waals surface area contributed by atoms with Crippen LogP contribution >= 0.6 is 0 Å². The Morgan fingerprint density at radius 2 is 2.23 bits per heavy atom. The number of hydrogen-bond acceptors (Lipinski definition) is 4. The van der Waals surface area contributed by atoms with Crippen LogP contribution in [-0.4, -0.2) is 35.4 Å². The number of aryl methyl sites for hydroxylation is 1. The number of aromatic nitrogens is 2. The molecule has 6 nitrogen and oxygen atoms in total. The van der Waals surface area contributed by atoms with Gasteiger partial charge in [0.05, 0.1) is 7.11 Å². The van der Waals surface area contributed by atoms with Gasteiger partial charge in [-0.05, 0) is 44.0 Å². The quantitative estimate of drug-likeness (QED) is 0.850. The average molecular weight is 302 g/mol. The van der Waals surface area contributed by atoms with E-state index in [4.69, 9.17) is 10.5 Å². The lowest BCUT2D eigenvalue weighted by Gasteiger charge is -2.09. The zero-order valence-electron chi connectivity index (χ0n) is 13.2. The van der Waals surface area contributed by atoms with Crippen LogP contribution in [0.3, 0.4) is 0 Å². The van der Waals surface area contributed by atoms with Gasteiger partial charge in [0.15, 0.2) is 5.69 Å². The molecule has 3 N–H and O–H groups in total. The van der Waals surface area contributed by atoms with Gasteiger partial charge >= 0.3 is 0 Å². The van der Waals surface area contributed by atoms with E-state index in [0.29, 0.717) is 18.0 Å². The van der Waals surface area contributed by atoms with Crippen LogP contribution in [0, 0.1) is 6.92 Å². The van der Waals surface area contributed by atoms with Gasteiger partial charge in [0.1, 0.15) is 11.4 Å². The number of hydrogen-bond donors (Lipinski definition) is 2. The zero-order chi connectivity index (χ0) is 16.1. The lowest BCUT2D eigenvalue weighted by atomic mass is 10.2. The number of rotatable bonds is 6. The predicted molar refractivity (Wildman–Crippen MR) is 85.5 cm³/mol. The summed E-state index contributed by atoms with van der Waals surface area (Å²) in [5.74, 6) is 0.503. The molecule has 6 heteroatoms. The summed E-state index contributed by atoms with van der Waals surface area (Å²) in [5.41, 5.74) is 7.92. The van der Waals surface area contributed by atoms with Gasteiger partial charge in [0.25, 0.3) is 5.91 Å². The van der Waals surface area contributed by atoms with E-state index in [0.717, 1.165) is 17.7 Å². The highest BCUT2D eigenvalue weighted by molar-refractivity contribution is 5.92. The van der Waals surface area contributed by atoms with Gasteiger partial charge in [-0.25, -0.2) is 4.68 Å². The van der Waals surface area contributed by atoms with E-state index in [1.165, 1.54) is 0 Å². The van der Waals surface area contributed by atoms with E-state index in [2.05, 4.69) is 10.4 Å². The van der Waals surface area contributed by atoms with E-state index in [1.54, 1.807) is 24.1 Å². The first-order valence-electron chi connectivity index (χ1n) is 7.25. The van der Waals surface area contributed by atoms with Crippen LogP contribution in [0.4, 0.5) is 0 Å². The highest BCUT2D eigenvalue weighted by Crippen LogP contribution is 2.23. The number of nitrogens with one attached hydrogen (secondary N) is 1. The molecule has 22 heavy (non-hydrogen) atoms. The van der Waals surface area contributed by atoms with E-state index in [-0.39, 0.29) is 11.9 Å². The van der Waals surface area contributed by atoms with Crippen molar-refractivity contribution in [1.82, 2.24) is 15.1 Å². The minimum atomic E-state index is -0.203. The third-order valence-corrected chi connectivity index (χ3v) is 3.29. The second-order valence-corrected chi connectivity index (χ2v) is 5.34. The van der Waals surface area contributed by atoms with Crippen molar-refractivity contribution in [2.24, 2.45) is 5.73 Å². The molecule has 118 valence electrons. The number of carbonyl (C=O) groups excluding carboxylic acids is 1. The van der Waals surface area contributed by atoms with Crippen LogP contribution in [0.15, 0.2) is 30.5 Å². The Morgan fingerprint density at radius 1 is 1.45 bits per heavy atom. The molecule has 1 aromatic carbocycles. The largest absolute Gasteiger partial charge is 0.494 e. The van der Waals surface area contributed by atoms with Crippen LogP contribution in [0.5, 0.6) is 5.75 Å². The van der Waals surface area contributed by atoms with Gasteiger partial charge in [0, 0.05) is 18.8 Å². The van der Waals surface area contributed by atoms with Crippen molar-refractivity contribution < 1.29 is 9.53 Å². The summed E-state index contributed by atoms with van der Waals surface area (Å²) >= 11 is 0. The Kier molecular flexibility index (Phi) is 5.16. The first-order chi connectivity index (χ1) is 10.5. The molecule has 0 saturated carbocycles. The molecule has 0 aliphatic rings. The number of nitrogens with two attached hydrogens (primary N) is 1. The molecule has 1 heterocycles. The molecule has 1 unspecified atom stereocenters. The molecule has 0 bridgehead atoms. The lowest BCUT2D eigenvalue weighted by Crippen LogP contribution is -2.29. The van der Waals surface area contributed by atoms with Crippen LogP contribution < -0.4 is 15.8 Å². The SMILES string of the molecule is COc1ccc(C)cc1-n1ccc(C(=O)NCCC(C)N)n1. The Bertz CT molecular complexity index is 649. The van der Waals surface area contributed by atoms with Gasteiger partial charge in [-0.3, -0.25) is 4.79 Å². The average Bonchev–Trinajstić information content (AvgIpc) is 2.96. The van der Waals surface area contributed by atoms with Crippen LogP contribution in [-0.2, 0) is 0 Å². The standard InChI is InChI=1S/C16H22N4O2/c1-11-4-5-15(22-3)14(10-11)20-9-7-13(19-20)16(21)18-8-6-12(2)17/h4-5,7,9-10,12H,6,8,17H2,1-3H3,(H,18,21). The summed E-state index contributed by atoms with van der Waals surface area (Å²) in [5, 5.41) is 7.13. The van der Waals surface area contributed by atoms with E-state index < -0.39 is 0 Å². The van der Waals surface area contributed by atoms with Crippen molar-refractivity contribution in [3.05, 3.63) is 41.7 Å². The lowest BCUT2D eigenvalue weighted by molar-refractivity contribution is 0.0947. The monoisotopic (exact) mass is 302 g/mol. The Balaban J connectivity index is 2.14. The Morgan fingerprint density at radius 3 is 2.91 bits per heavy atom. The van der Waals surface area contributed by atoms with Gasteiger partial charge in [-0.2, -0.15) is 5.10 Å². The number of carbonyl (C=O) groups is 1. The molecule has 1 atom stereocenters. The first-order valence-corrected chi connectivity index (χ1v) is 7.25. The maximum Gasteiger partial charge on any atom is 0.271 e. The van der Waals surface area contributed by atoms with E-state index >= 15 is 0 Å². The topological polar surface area (TPSA) is 82.2 Å². The second-order valence-electron chi connectivity index (χ2n) is 5.34. The Labute approximate surface area is 130 Å². The van der Waals surface area contributed by atoms with Crippen LogP contribution in [0.1, 0.15) is 29.4 Å². The summed E-state index contributed by atoms with van der Waals surface area (Å²) in [7, 11) is 1.61. The molecule has 0 aliphatic heterocycles. The first kappa shape index (κ1) is 16.0. The molecule has 1 aromatic heterocycles. The fourth-order valence-electron chi connectivity index (χ4n) is 2.06. The normalized spacial score (nSPS) is 12.0. The third-order valence-electron chi connectivity index (χ3n) is 3.29. The molecule has 2 aromatic rings. The number of amides is 1. The number of benzene rings is 1. The molecule has 2 rings (SSSR count). The minimum Gasteiger partial charge on any atom is -0.494 e. The maximum absolute atomic E-state index is 12.0. The van der Waals surface area contributed by atoms with Crippen LogP contribution in [0.2, 0.25) is 0 Å². The molecule has 0 aliphatic carbocycles. The smallest absolute Gasteiger partial charge is 0.271 e. The summed E-state index contributed by atoms with van der Waals surface area (Å²) in [6.45, 7) is 4.44. The van der Waals surface area contributed by atoms with Gasteiger partial charge in [-0.1, -0.05) is 6.07 Å². The summed E-state index contributed by atoms with van der Waals surface area (Å²) in [4.78, 5) is 12.0. The van der Waals surface area contributed by atoms with Crippen LogP contribution in [0.25, 0.3) is 5.69 Å². The van der Waals surface area contributed by atoms with Crippen molar-refractivity contribution in [2.75, 3.05) is 13.7 Å². The van der Waals surface area contributed by atoms with Crippen molar-refractivity contribution in [3.8, 4) is 11.4 Å². The number of nitrogens with zero attached hydrogens (tertiary/aromatic N) is 2. The predicted octanol–water partition coefficient (Wildman–Crippen LogP) is 1.66. The van der Waals surface area contributed by atoms with E-state index in [1.807, 2.05) is 32.0 Å². The van der Waals surface area contributed by atoms with Crippen molar-refractivity contribution in [2.45, 2.75) is 26.3 Å². The zero-order valence-corrected chi connectivity index (χ0v) is 13.2. The molecule has 0 fully saturated rings. The molecular formula is C16H22N4O2. The van der Waals surface area contributed by atoms with E-state index in [9.17, 15) is 4.79 Å². The summed E-state index contributed by atoms with van der Waals surface area (Å²) in [6.07, 6.45) is 2.48. The van der Waals surface area contributed by atoms with Gasteiger partial charge in [-0.15, -0.1) is 0 Å². The van der Waals surface area contributed by atoms with Crippen molar-refractivity contribution in [3.63, 3.8) is 0 Å². The fraction of sp³-hybridized carbons (Fsp3) is 0.375. The minimum absolute atomic E-state index is 0.0643. The molecular weight excluding hydrogens is 280 g/mol. The fourth-order valence-corrected chi connectivity index (χ4v) is 2.06. The number of methoxy groups -OCH3 is 1. The van der Waals surface area contributed by atoms with Gasteiger partial charge < -0.3 is 15.8 Å². The number of ether oxygens (including phenoxy) is 1. The second kappa shape index (κ2) is 7.09. The summed E-state index contributed by atoms with van der Waals surface area (Å²) in [6, 6.07) is 7.56. The highest BCUT2D eigenvalue weighted by atomic mass is 16.5. The maximum atomic E-state index is 12.0. The molecule has 0 radical (unpaired) electrons. The summed E-state index contributed by atoms with van der Waals surface area (Å²) < 4.78 is 6.99. The molecule has 0 spiro atoms. The highest BCUT2D eigenvalue weighted by Gasteiger charge is 2.12. The molecule has 1 amide bonds. The third kappa shape index (κ3) is 3.85. The Hall–Kier alpha value is -2.34. The van der Waals surface area contributed by atoms with Crippen molar-refractivity contribution >= 4 is 5.91 Å². The van der Waals surface area contributed by atoms with Crippen molar-refractivity contribution in [1.29, 1.82) is 0 Å².